The normalized spacial score (nSPS) is 11.3. The lowest BCUT2D eigenvalue weighted by atomic mass is 10.2. The van der Waals surface area contributed by atoms with Crippen LogP contribution in [0.5, 0.6) is 0 Å². The quantitative estimate of drug-likeness (QED) is 0.479. The standard InChI is InChI=1S/C21H17N7OS/c1-11-9-12(2)22-18-16(11)19-26-25-17(13(3)28(19)27-18)20(29)24-21-23-15(10-30-21)14-7-5-4-6-8-14/h4-10H,1-3H3,(H,23,24,29). The van der Waals surface area contributed by atoms with Crippen LogP contribution in [0.2, 0.25) is 0 Å². The molecule has 4 heterocycles. The SMILES string of the molecule is Cc1cc(C)c2c(n1)nn1c(C)c(C(=O)Nc3nc(-c4ccccc4)cs3)nnc21. The Morgan fingerprint density at radius 2 is 1.87 bits per heavy atom. The van der Waals surface area contributed by atoms with Crippen LogP contribution in [0.15, 0.2) is 41.8 Å². The number of nitrogens with zero attached hydrogens (tertiary/aromatic N) is 6. The van der Waals surface area contributed by atoms with E-state index in [4.69, 9.17) is 0 Å². The van der Waals surface area contributed by atoms with Gasteiger partial charge in [0.15, 0.2) is 22.1 Å². The molecule has 0 aliphatic carbocycles. The van der Waals surface area contributed by atoms with Crippen molar-refractivity contribution in [2.24, 2.45) is 0 Å². The molecule has 0 radical (unpaired) electrons. The molecule has 0 bridgehead atoms. The Labute approximate surface area is 175 Å². The number of pyridine rings is 1. The number of anilines is 1. The minimum atomic E-state index is -0.378. The number of aromatic nitrogens is 6. The van der Waals surface area contributed by atoms with E-state index in [1.165, 1.54) is 11.3 Å². The minimum Gasteiger partial charge on any atom is -0.296 e. The van der Waals surface area contributed by atoms with Gasteiger partial charge in [-0.05, 0) is 32.4 Å². The van der Waals surface area contributed by atoms with Gasteiger partial charge in [-0.25, -0.2) is 14.5 Å². The van der Waals surface area contributed by atoms with Gasteiger partial charge in [0.2, 0.25) is 0 Å². The molecule has 0 atom stereocenters. The lowest BCUT2D eigenvalue weighted by molar-refractivity contribution is 0.102. The molecule has 0 aliphatic heterocycles. The number of benzene rings is 1. The molecule has 0 saturated heterocycles. The van der Waals surface area contributed by atoms with Crippen molar-refractivity contribution in [1.29, 1.82) is 0 Å². The van der Waals surface area contributed by atoms with Gasteiger partial charge in [-0.15, -0.1) is 26.6 Å². The number of carbonyl (C=O) groups is 1. The summed E-state index contributed by atoms with van der Waals surface area (Å²) in [5.41, 5.74) is 5.67. The first kappa shape index (κ1) is 18.3. The van der Waals surface area contributed by atoms with Gasteiger partial charge in [-0.2, -0.15) is 0 Å². The number of hydrogen-bond acceptors (Lipinski definition) is 7. The molecule has 9 heteroatoms. The molecule has 1 aromatic carbocycles. The van der Waals surface area contributed by atoms with Gasteiger partial charge in [0.1, 0.15) is 0 Å². The summed E-state index contributed by atoms with van der Waals surface area (Å²) in [5.74, 6) is -0.378. The van der Waals surface area contributed by atoms with Gasteiger partial charge >= 0.3 is 0 Å². The first-order valence-electron chi connectivity index (χ1n) is 9.33. The molecule has 0 saturated carbocycles. The molecule has 1 N–H and O–H groups in total. The zero-order chi connectivity index (χ0) is 20.8. The van der Waals surface area contributed by atoms with Crippen LogP contribution in [-0.4, -0.2) is 35.7 Å². The van der Waals surface area contributed by atoms with E-state index in [9.17, 15) is 4.79 Å². The first-order valence-corrected chi connectivity index (χ1v) is 10.2. The van der Waals surface area contributed by atoms with E-state index in [0.29, 0.717) is 22.1 Å². The average Bonchev–Trinajstić information content (AvgIpc) is 3.34. The van der Waals surface area contributed by atoms with Crippen molar-refractivity contribution < 1.29 is 4.79 Å². The van der Waals surface area contributed by atoms with E-state index in [1.807, 2.05) is 55.6 Å². The van der Waals surface area contributed by atoms with Crippen molar-refractivity contribution in [3.05, 3.63) is 64.4 Å². The number of carbonyl (C=O) groups excluding carboxylic acids is 1. The fraction of sp³-hybridized carbons (Fsp3) is 0.143. The van der Waals surface area contributed by atoms with Crippen LogP contribution in [0.1, 0.15) is 27.4 Å². The van der Waals surface area contributed by atoms with E-state index in [2.05, 4.69) is 30.6 Å². The number of aryl methyl sites for hydroxylation is 3. The van der Waals surface area contributed by atoms with Crippen molar-refractivity contribution >= 4 is 39.1 Å². The van der Waals surface area contributed by atoms with Crippen LogP contribution >= 0.6 is 11.3 Å². The largest absolute Gasteiger partial charge is 0.296 e. The summed E-state index contributed by atoms with van der Waals surface area (Å²) >= 11 is 1.36. The average molecular weight is 415 g/mol. The molecule has 0 unspecified atom stereocenters. The Bertz CT molecular complexity index is 1420. The molecule has 8 nitrogen and oxygen atoms in total. The van der Waals surface area contributed by atoms with Crippen LogP contribution < -0.4 is 5.32 Å². The number of rotatable bonds is 3. The van der Waals surface area contributed by atoms with Crippen molar-refractivity contribution in [3.63, 3.8) is 0 Å². The molecule has 5 aromatic rings. The molecule has 5 rings (SSSR count). The summed E-state index contributed by atoms with van der Waals surface area (Å²) in [6, 6.07) is 11.8. The van der Waals surface area contributed by atoms with E-state index >= 15 is 0 Å². The third-order valence-electron chi connectivity index (χ3n) is 4.86. The first-order chi connectivity index (χ1) is 14.5. The number of thiazole rings is 1. The lowest BCUT2D eigenvalue weighted by Gasteiger charge is -2.05. The van der Waals surface area contributed by atoms with E-state index in [0.717, 1.165) is 27.9 Å². The van der Waals surface area contributed by atoms with E-state index < -0.39 is 0 Å². The molecule has 148 valence electrons. The van der Waals surface area contributed by atoms with Crippen LogP contribution in [-0.2, 0) is 0 Å². The molecule has 0 spiro atoms. The third kappa shape index (κ3) is 3.00. The summed E-state index contributed by atoms with van der Waals surface area (Å²) < 4.78 is 1.63. The molecular formula is C21H17N7OS. The highest BCUT2D eigenvalue weighted by atomic mass is 32.1. The molecule has 1 amide bonds. The molecular weight excluding hydrogens is 398 g/mol. The number of hydrogen-bond donors (Lipinski definition) is 1. The lowest BCUT2D eigenvalue weighted by Crippen LogP contribution is -2.18. The molecule has 0 aliphatic rings. The molecule has 4 aromatic heterocycles. The summed E-state index contributed by atoms with van der Waals surface area (Å²) in [7, 11) is 0. The second-order valence-corrected chi connectivity index (χ2v) is 7.86. The monoisotopic (exact) mass is 415 g/mol. The highest BCUT2D eigenvalue weighted by Gasteiger charge is 2.20. The minimum absolute atomic E-state index is 0.196. The zero-order valence-corrected chi connectivity index (χ0v) is 17.4. The van der Waals surface area contributed by atoms with Crippen LogP contribution in [0.3, 0.4) is 0 Å². The van der Waals surface area contributed by atoms with Gasteiger partial charge in [-0.3, -0.25) is 10.1 Å². The summed E-state index contributed by atoms with van der Waals surface area (Å²) in [4.78, 5) is 21.8. The van der Waals surface area contributed by atoms with E-state index in [-0.39, 0.29) is 11.6 Å². The second kappa shape index (κ2) is 6.96. The summed E-state index contributed by atoms with van der Waals surface area (Å²) in [6.45, 7) is 5.70. The van der Waals surface area contributed by atoms with E-state index in [1.54, 1.807) is 11.4 Å². The highest BCUT2D eigenvalue weighted by molar-refractivity contribution is 7.14. The van der Waals surface area contributed by atoms with Crippen molar-refractivity contribution in [3.8, 4) is 11.3 Å². The smallest absolute Gasteiger partial charge is 0.279 e. The number of nitrogens with one attached hydrogen (secondary N) is 1. The Morgan fingerprint density at radius 1 is 1.07 bits per heavy atom. The van der Waals surface area contributed by atoms with Gasteiger partial charge < -0.3 is 0 Å². The van der Waals surface area contributed by atoms with Crippen LogP contribution in [0, 0.1) is 20.8 Å². The fourth-order valence-corrected chi connectivity index (χ4v) is 4.16. The Balaban J connectivity index is 1.50. The maximum atomic E-state index is 12.9. The fourth-order valence-electron chi connectivity index (χ4n) is 3.45. The van der Waals surface area contributed by atoms with Gasteiger partial charge in [-0.1, -0.05) is 30.3 Å². The molecule has 0 fully saturated rings. The van der Waals surface area contributed by atoms with Gasteiger partial charge in [0.05, 0.1) is 16.8 Å². The summed E-state index contributed by atoms with van der Waals surface area (Å²) in [6.07, 6.45) is 0. The maximum absolute atomic E-state index is 12.9. The number of fused-ring (bicyclic) bond motifs is 3. The number of amides is 1. The predicted octanol–water partition coefficient (Wildman–Crippen LogP) is 3.97. The molecule has 30 heavy (non-hydrogen) atoms. The summed E-state index contributed by atoms with van der Waals surface area (Å²) in [5, 5.41) is 19.1. The Morgan fingerprint density at radius 3 is 2.67 bits per heavy atom. The van der Waals surface area contributed by atoms with Crippen molar-refractivity contribution in [1.82, 2.24) is 29.8 Å². The maximum Gasteiger partial charge on any atom is 0.279 e. The Kier molecular flexibility index (Phi) is 4.25. The second-order valence-electron chi connectivity index (χ2n) is 7.01. The van der Waals surface area contributed by atoms with Gasteiger partial charge in [0, 0.05) is 16.6 Å². The highest BCUT2D eigenvalue weighted by Crippen LogP contribution is 2.26. The van der Waals surface area contributed by atoms with Crippen LogP contribution in [0.4, 0.5) is 5.13 Å². The van der Waals surface area contributed by atoms with Crippen molar-refractivity contribution in [2.75, 3.05) is 5.32 Å². The van der Waals surface area contributed by atoms with Crippen LogP contribution in [0.25, 0.3) is 27.9 Å². The van der Waals surface area contributed by atoms with Gasteiger partial charge in [0.25, 0.3) is 5.91 Å². The van der Waals surface area contributed by atoms with Crippen molar-refractivity contribution in [2.45, 2.75) is 20.8 Å². The zero-order valence-electron chi connectivity index (χ0n) is 16.5. The third-order valence-corrected chi connectivity index (χ3v) is 5.62. The Hall–Kier alpha value is -3.72. The topological polar surface area (TPSA) is 98.0 Å². The predicted molar refractivity (Wildman–Crippen MR) is 116 cm³/mol.